The number of nitrogens with one attached hydrogen (secondary N) is 1. The van der Waals surface area contributed by atoms with Crippen LogP contribution in [0, 0.1) is 5.92 Å². The van der Waals surface area contributed by atoms with Crippen molar-refractivity contribution < 1.29 is 9.47 Å². The van der Waals surface area contributed by atoms with Gasteiger partial charge in [-0.2, -0.15) is 0 Å². The minimum atomic E-state index is 0.172. The number of hydrogen-bond acceptors (Lipinski definition) is 5. The van der Waals surface area contributed by atoms with Crippen molar-refractivity contribution in [3.05, 3.63) is 41.6 Å². The third-order valence-electron chi connectivity index (χ3n) is 4.83. The van der Waals surface area contributed by atoms with E-state index in [-0.39, 0.29) is 6.04 Å². The number of aromatic nitrogens is 1. The van der Waals surface area contributed by atoms with Gasteiger partial charge in [0, 0.05) is 18.8 Å². The van der Waals surface area contributed by atoms with Gasteiger partial charge in [0.05, 0.1) is 24.3 Å². The normalized spacial score (nSPS) is 19.1. The molecule has 3 rings (SSSR count). The molecule has 0 radical (unpaired) electrons. The molecule has 1 fully saturated rings. The topological polar surface area (TPSA) is 69.4 Å². The summed E-state index contributed by atoms with van der Waals surface area (Å²) in [5.41, 5.74) is 7.95. The fourth-order valence-electron chi connectivity index (χ4n) is 3.48. The number of nitrogens with zero attached hydrogens (tertiary/aromatic N) is 1. The molecule has 2 aromatic rings. The lowest BCUT2D eigenvalue weighted by Gasteiger charge is -2.23. The van der Waals surface area contributed by atoms with E-state index in [4.69, 9.17) is 26.8 Å². The Morgan fingerprint density at radius 1 is 1.29 bits per heavy atom. The van der Waals surface area contributed by atoms with Crippen LogP contribution in [0.15, 0.2) is 36.5 Å². The first-order valence-electron chi connectivity index (χ1n) is 10.00. The predicted octanol–water partition coefficient (Wildman–Crippen LogP) is 4.75. The molecule has 152 valence electrons. The van der Waals surface area contributed by atoms with Crippen LogP contribution in [0.1, 0.15) is 33.1 Å². The van der Waals surface area contributed by atoms with Crippen molar-refractivity contribution in [1.29, 1.82) is 0 Å². The molecule has 28 heavy (non-hydrogen) atoms. The van der Waals surface area contributed by atoms with E-state index in [9.17, 15) is 0 Å². The highest BCUT2D eigenvalue weighted by atomic mass is 35.5. The second kappa shape index (κ2) is 10.1. The van der Waals surface area contributed by atoms with Crippen LogP contribution in [0.25, 0.3) is 11.1 Å². The van der Waals surface area contributed by atoms with Gasteiger partial charge in [0.1, 0.15) is 11.6 Å². The molecule has 0 spiro atoms. The Morgan fingerprint density at radius 3 is 2.82 bits per heavy atom. The zero-order chi connectivity index (χ0) is 19.9. The molecular formula is C22H30ClN3O2. The third kappa shape index (κ3) is 6.09. The smallest absolute Gasteiger partial charge is 0.137 e. The summed E-state index contributed by atoms with van der Waals surface area (Å²) in [6, 6.07) is 10.4. The van der Waals surface area contributed by atoms with Crippen LogP contribution in [0.2, 0.25) is 5.02 Å². The lowest BCUT2D eigenvalue weighted by Crippen LogP contribution is -2.30. The maximum absolute atomic E-state index is 6.47. The van der Waals surface area contributed by atoms with Crippen LogP contribution in [0.4, 0.5) is 5.82 Å². The van der Waals surface area contributed by atoms with Crippen LogP contribution < -0.4 is 15.8 Å². The summed E-state index contributed by atoms with van der Waals surface area (Å²) in [4.78, 5) is 4.44. The van der Waals surface area contributed by atoms with Gasteiger partial charge >= 0.3 is 0 Å². The summed E-state index contributed by atoms with van der Waals surface area (Å²) >= 11 is 6.47. The molecule has 3 unspecified atom stereocenters. The Balaban J connectivity index is 1.65. The Bertz CT molecular complexity index is 763. The summed E-state index contributed by atoms with van der Waals surface area (Å²) in [6.45, 7) is 6.33. The van der Waals surface area contributed by atoms with Crippen LogP contribution in [0.3, 0.4) is 0 Å². The Kier molecular flexibility index (Phi) is 7.54. The van der Waals surface area contributed by atoms with Gasteiger partial charge in [0.2, 0.25) is 0 Å². The summed E-state index contributed by atoms with van der Waals surface area (Å²) in [7, 11) is 0. The number of benzene rings is 1. The number of halogens is 1. The first-order valence-corrected chi connectivity index (χ1v) is 10.4. The minimum absolute atomic E-state index is 0.172. The highest BCUT2D eigenvalue weighted by molar-refractivity contribution is 6.32. The molecule has 0 amide bonds. The van der Waals surface area contributed by atoms with E-state index in [1.54, 1.807) is 0 Å². The van der Waals surface area contributed by atoms with Crippen LogP contribution in [-0.4, -0.2) is 36.9 Å². The standard InChI is InChI=1S/C22H30ClN3O2/c1-15(10-16(2)24)13-28-21-6-5-17(11-20(21)23)18-7-8-25-22(12-18)26-19-4-3-9-27-14-19/h5-8,11-12,15-16,19H,3-4,9-10,13-14,24H2,1-2H3,(H,25,26). The largest absolute Gasteiger partial charge is 0.492 e. The molecule has 1 aliphatic heterocycles. The molecular weight excluding hydrogens is 374 g/mol. The van der Waals surface area contributed by atoms with Gasteiger partial charge in [-0.3, -0.25) is 0 Å². The molecule has 2 heterocycles. The van der Waals surface area contributed by atoms with Gasteiger partial charge in [-0.05, 0) is 67.5 Å². The van der Waals surface area contributed by atoms with E-state index in [0.717, 1.165) is 49.4 Å². The van der Waals surface area contributed by atoms with Crippen molar-refractivity contribution in [2.24, 2.45) is 11.7 Å². The summed E-state index contributed by atoms with van der Waals surface area (Å²) in [5, 5.41) is 4.07. The number of hydrogen-bond donors (Lipinski definition) is 2. The van der Waals surface area contributed by atoms with E-state index in [1.807, 2.05) is 43.5 Å². The number of pyridine rings is 1. The molecule has 1 aliphatic rings. The van der Waals surface area contributed by atoms with E-state index >= 15 is 0 Å². The monoisotopic (exact) mass is 403 g/mol. The fraction of sp³-hybridized carbons (Fsp3) is 0.500. The van der Waals surface area contributed by atoms with Crippen molar-refractivity contribution in [2.45, 2.75) is 45.2 Å². The number of anilines is 1. The van der Waals surface area contributed by atoms with E-state index in [2.05, 4.69) is 17.2 Å². The lowest BCUT2D eigenvalue weighted by molar-refractivity contribution is 0.0875. The van der Waals surface area contributed by atoms with E-state index in [0.29, 0.717) is 29.3 Å². The fourth-order valence-corrected chi connectivity index (χ4v) is 3.72. The molecule has 1 saturated heterocycles. The molecule has 0 bridgehead atoms. The third-order valence-corrected chi connectivity index (χ3v) is 5.13. The molecule has 0 aliphatic carbocycles. The van der Waals surface area contributed by atoms with Crippen molar-refractivity contribution >= 4 is 17.4 Å². The summed E-state index contributed by atoms with van der Waals surface area (Å²) < 4.78 is 11.4. The quantitative estimate of drug-likeness (QED) is 0.665. The van der Waals surface area contributed by atoms with Crippen LogP contribution in [-0.2, 0) is 4.74 Å². The lowest BCUT2D eigenvalue weighted by atomic mass is 10.0. The minimum Gasteiger partial charge on any atom is -0.492 e. The van der Waals surface area contributed by atoms with E-state index < -0.39 is 0 Å². The number of ether oxygens (including phenoxy) is 2. The average molecular weight is 404 g/mol. The van der Waals surface area contributed by atoms with Gasteiger partial charge in [-0.25, -0.2) is 4.98 Å². The van der Waals surface area contributed by atoms with Crippen LogP contribution >= 0.6 is 11.6 Å². The first kappa shape index (κ1) is 20.9. The van der Waals surface area contributed by atoms with Gasteiger partial charge in [-0.1, -0.05) is 24.6 Å². The molecule has 1 aromatic heterocycles. The van der Waals surface area contributed by atoms with E-state index in [1.165, 1.54) is 0 Å². The van der Waals surface area contributed by atoms with Crippen molar-refractivity contribution in [3.63, 3.8) is 0 Å². The number of nitrogens with two attached hydrogens (primary N) is 1. The first-order chi connectivity index (χ1) is 13.5. The summed E-state index contributed by atoms with van der Waals surface area (Å²) in [5.74, 6) is 1.94. The molecule has 3 N–H and O–H groups in total. The highest BCUT2D eigenvalue weighted by Gasteiger charge is 2.14. The number of rotatable bonds is 8. The Hall–Kier alpha value is -1.82. The van der Waals surface area contributed by atoms with Gasteiger partial charge in [-0.15, -0.1) is 0 Å². The average Bonchev–Trinajstić information content (AvgIpc) is 2.67. The molecule has 0 saturated carbocycles. The van der Waals surface area contributed by atoms with Crippen molar-refractivity contribution in [3.8, 4) is 16.9 Å². The SMILES string of the molecule is CC(N)CC(C)COc1ccc(-c2ccnc(NC3CCCOC3)c2)cc1Cl. The van der Waals surface area contributed by atoms with Crippen molar-refractivity contribution in [1.82, 2.24) is 4.98 Å². The van der Waals surface area contributed by atoms with Gasteiger partial charge in [0.15, 0.2) is 0 Å². The van der Waals surface area contributed by atoms with Gasteiger partial charge < -0.3 is 20.5 Å². The molecule has 5 nitrogen and oxygen atoms in total. The second-order valence-electron chi connectivity index (χ2n) is 7.76. The molecule has 3 atom stereocenters. The predicted molar refractivity (Wildman–Crippen MR) is 115 cm³/mol. The zero-order valence-corrected chi connectivity index (χ0v) is 17.4. The molecule has 1 aromatic carbocycles. The second-order valence-corrected chi connectivity index (χ2v) is 8.17. The maximum atomic E-state index is 6.47. The maximum Gasteiger partial charge on any atom is 0.137 e. The van der Waals surface area contributed by atoms with Crippen LogP contribution in [0.5, 0.6) is 5.75 Å². The molecule has 6 heteroatoms. The Morgan fingerprint density at radius 2 is 2.11 bits per heavy atom. The van der Waals surface area contributed by atoms with Crippen molar-refractivity contribution in [2.75, 3.05) is 25.1 Å². The van der Waals surface area contributed by atoms with Gasteiger partial charge in [0.25, 0.3) is 0 Å². The Labute approximate surface area is 172 Å². The summed E-state index contributed by atoms with van der Waals surface area (Å²) in [6.07, 6.45) is 4.92. The zero-order valence-electron chi connectivity index (χ0n) is 16.7. The highest BCUT2D eigenvalue weighted by Crippen LogP contribution is 2.31.